The molecule has 0 amide bonds. The lowest BCUT2D eigenvalue weighted by molar-refractivity contribution is 0.0964. The molecule has 2 nitrogen and oxygen atoms in total. The van der Waals surface area contributed by atoms with Crippen molar-refractivity contribution >= 4 is 0 Å². The number of hydrogen-bond donors (Lipinski definition) is 0. The standard InChI is InChI=1S/C8H19NO/c1-8(2)7-10-6-5-9(3)4/h8H,5-7H2,1-4H3. The third kappa shape index (κ3) is 7.92. The van der Waals surface area contributed by atoms with Gasteiger partial charge in [0.25, 0.3) is 0 Å². The van der Waals surface area contributed by atoms with E-state index in [-0.39, 0.29) is 0 Å². The highest BCUT2D eigenvalue weighted by Crippen LogP contribution is 1.91. The summed E-state index contributed by atoms with van der Waals surface area (Å²) in [5.41, 5.74) is 0. The summed E-state index contributed by atoms with van der Waals surface area (Å²) in [6, 6.07) is 0. The second-order valence-electron chi connectivity index (χ2n) is 3.27. The van der Waals surface area contributed by atoms with E-state index >= 15 is 0 Å². The van der Waals surface area contributed by atoms with E-state index in [1.54, 1.807) is 0 Å². The predicted molar refractivity (Wildman–Crippen MR) is 44.2 cm³/mol. The van der Waals surface area contributed by atoms with E-state index in [1.165, 1.54) is 0 Å². The minimum absolute atomic E-state index is 0.655. The van der Waals surface area contributed by atoms with Crippen LogP contribution in [-0.2, 0) is 4.74 Å². The maximum Gasteiger partial charge on any atom is 0.0593 e. The topological polar surface area (TPSA) is 12.5 Å². The molecule has 0 aromatic carbocycles. The van der Waals surface area contributed by atoms with E-state index in [0.29, 0.717) is 5.92 Å². The van der Waals surface area contributed by atoms with Gasteiger partial charge >= 0.3 is 0 Å². The van der Waals surface area contributed by atoms with Gasteiger partial charge in [-0.2, -0.15) is 0 Å². The van der Waals surface area contributed by atoms with Crippen molar-refractivity contribution in [2.45, 2.75) is 13.8 Å². The number of nitrogens with zero attached hydrogens (tertiary/aromatic N) is 1. The lowest BCUT2D eigenvalue weighted by Gasteiger charge is -2.10. The Balaban J connectivity index is 2.91. The van der Waals surface area contributed by atoms with Gasteiger partial charge in [0.2, 0.25) is 0 Å². The van der Waals surface area contributed by atoms with E-state index in [0.717, 1.165) is 19.8 Å². The van der Waals surface area contributed by atoms with Crippen LogP contribution in [0.15, 0.2) is 0 Å². The molecule has 0 rings (SSSR count). The Morgan fingerprint density at radius 3 is 2.30 bits per heavy atom. The largest absolute Gasteiger partial charge is 0.380 e. The second kappa shape index (κ2) is 5.69. The molecule has 0 aliphatic heterocycles. The average Bonchev–Trinajstić information content (AvgIpc) is 1.79. The van der Waals surface area contributed by atoms with E-state index < -0.39 is 0 Å². The first kappa shape index (κ1) is 9.92. The van der Waals surface area contributed by atoms with Gasteiger partial charge in [0.05, 0.1) is 6.61 Å². The molecule has 2 heteroatoms. The second-order valence-corrected chi connectivity index (χ2v) is 3.27. The van der Waals surface area contributed by atoms with Crippen molar-refractivity contribution in [3.05, 3.63) is 0 Å². The molecule has 0 atom stereocenters. The van der Waals surface area contributed by atoms with Crippen molar-refractivity contribution < 1.29 is 4.74 Å². The third-order valence-corrected chi connectivity index (χ3v) is 1.13. The molecule has 0 heterocycles. The van der Waals surface area contributed by atoms with Crippen LogP contribution in [0, 0.1) is 5.92 Å². The van der Waals surface area contributed by atoms with Gasteiger partial charge in [0.15, 0.2) is 0 Å². The van der Waals surface area contributed by atoms with Gasteiger partial charge in [-0.15, -0.1) is 0 Å². The quantitative estimate of drug-likeness (QED) is 0.539. The fraction of sp³-hybridized carbons (Fsp3) is 1.00. The number of likely N-dealkylation sites (N-methyl/N-ethyl adjacent to an activating group) is 1. The van der Waals surface area contributed by atoms with Crippen LogP contribution in [0.5, 0.6) is 0 Å². The molecule has 0 bridgehead atoms. The maximum atomic E-state index is 5.36. The Kier molecular flexibility index (Phi) is 5.64. The molecule has 0 aliphatic rings. The molecular weight excluding hydrogens is 126 g/mol. The van der Waals surface area contributed by atoms with Gasteiger partial charge < -0.3 is 9.64 Å². The van der Waals surface area contributed by atoms with Gasteiger partial charge in [-0.3, -0.25) is 0 Å². The molecule has 10 heavy (non-hydrogen) atoms. The summed E-state index contributed by atoms with van der Waals surface area (Å²) in [4.78, 5) is 2.13. The molecule has 0 N–H and O–H groups in total. The predicted octanol–water partition coefficient (Wildman–Crippen LogP) is 1.22. The van der Waals surface area contributed by atoms with Crippen molar-refractivity contribution in [2.24, 2.45) is 5.92 Å². The fourth-order valence-corrected chi connectivity index (χ4v) is 0.566. The van der Waals surface area contributed by atoms with E-state index in [2.05, 4.69) is 32.8 Å². The summed E-state index contributed by atoms with van der Waals surface area (Å²) >= 11 is 0. The van der Waals surface area contributed by atoms with Crippen LogP contribution in [0.25, 0.3) is 0 Å². The first-order valence-electron chi connectivity index (χ1n) is 3.85. The lowest BCUT2D eigenvalue weighted by Crippen LogP contribution is -2.19. The van der Waals surface area contributed by atoms with Gasteiger partial charge in [0, 0.05) is 13.2 Å². The van der Waals surface area contributed by atoms with Gasteiger partial charge in [0.1, 0.15) is 0 Å². The first-order valence-corrected chi connectivity index (χ1v) is 3.85. The zero-order valence-corrected chi connectivity index (χ0v) is 7.55. The highest BCUT2D eigenvalue weighted by atomic mass is 16.5. The summed E-state index contributed by atoms with van der Waals surface area (Å²) < 4.78 is 5.36. The SMILES string of the molecule is CC(C)COCCN(C)C. The highest BCUT2D eigenvalue weighted by molar-refractivity contribution is 4.42. The Labute approximate surface area is 64.2 Å². The Hall–Kier alpha value is -0.0800. The van der Waals surface area contributed by atoms with E-state index in [1.807, 2.05) is 0 Å². The van der Waals surface area contributed by atoms with Crippen molar-refractivity contribution in [1.82, 2.24) is 4.90 Å². The zero-order valence-electron chi connectivity index (χ0n) is 7.55. The Bertz CT molecular complexity index is 61.7. The summed E-state index contributed by atoms with van der Waals surface area (Å²) in [6.07, 6.45) is 0. The molecule has 0 spiro atoms. The number of rotatable bonds is 5. The highest BCUT2D eigenvalue weighted by Gasteiger charge is 1.93. The third-order valence-electron chi connectivity index (χ3n) is 1.13. The average molecular weight is 145 g/mol. The maximum absolute atomic E-state index is 5.36. The van der Waals surface area contributed by atoms with Crippen LogP contribution in [0.1, 0.15) is 13.8 Å². The van der Waals surface area contributed by atoms with Crippen LogP contribution in [-0.4, -0.2) is 38.8 Å². The first-order chi connectivity index (χ1) is 4.63. The van der Waals surface area contributed by atoms with E-state index in [4.69, 9.17) is 4.74 Å². The summed E-state index contributed by atoms with van der Waals surface area (Å²) in [5, 5.41) is 0. The van der Waals surface area contributed by atoms with Crippen molar-refractivity contribution in [1.29, 1.82) is 0 Å². The minimum atomic E-state index is 0.655. The van der Waals surface area contributed by atoms with Crippen LogP contribution < -0.4 is 0 Å². The van der Waals surface area contributed by atoms with Crippen molar-refractivity contribution in [3.63, 3.8) is 0 Å². The van der Waals surface area contributed by atoms with Crippen LogP contribution in [0.3, 0.4) is 0 Å². The molecule has 0 unspecified atom stereocenters. The van der Waals surface area contributed by atoms with Gasteiger partial charge in [-0.25, -0.2) is 0 Å². The zero-order chi connectivity index (χ0) is 7.98. The smallest absolute Gasteiger partial charge is 0.0593 e. The van der Waals surface area contributed by atoms with Crippen molar-refractivity contribution in [2.75, 3.05) is 33.9 Å². The molecular formula is C8H19NO. The number of hydrogen-bond acceptors (Lipinski definition) is 2. The summed E-state index contributed by atoms with van der Waals surface area (Å²) in [7, 11) is 4.11. The van der Waals surface area contributed by atoms with E-state index in [9.17, 15) is 0 Å². The van der Waals surface area contributed by atoms with Crippen molar-refractivity contribution in [3.8, 4) is 0 Å². The summed E-state index contributed by atoms with van der Waals surface area (Å²) in [6.45, 7) is 7.08. The molecule has 0 saturated heterocycles. The molecule has 0 aromatic rings. The molecule has 0 radical (unpaired) electrons. The molecule has 0 saturated carbocycles. The summed E-state index contributed by atoms with van der Waals surface area (Å²) in [5.74, 6) is 0.655. The monoisotopic (exact) mass is 145 g/mol. The molecule has 0 fully saturated rings. The number of ether oxygens (including phenoxy) is 1. The van der Waals surface area contributed by atoms with Gasteiger partial charge in [-0.05, 0) is 20.0 Å². The lowest BCUT2D eigenvalue weighted by atomic mass is 10.2. The fourth-order valence-electron chi connectivity index (χ4n) is 0.566. The van der Waals surface area contributed by atoms with Crippen LogP contribution in [0.2, 0.25) is 0 Å². The van der Waals surface area contributed by atoms with Crippen LogP contribution >= 0.6 is 0 Å². The molecule has 0 aliphatic carbocycles. The Morgan fingerprint density at radius 2 is 1.90 bits per heavy atom. The molecule has 0 aromatic heterocycles. The Morgan fingerprint density at radius 1 is 1.30 bits per heavy atom. The molecule has 62 valence electrons. The van der Waals surface area contributed by atoms with Gasteiger partial charge in [-0.1, -0.05) is 13.8 Å². The van der Waals surface area contributed by atoms with Crippen LogP contribution in [0.4, 0.5) is 0 Å². The normalized spacial score (nSPS) is 11.4. The minimum Gasteiger partial charge on any atom is -0.380 e.